The molecule has 146 valence electrons. The maximum Gasteiger partial charge on any atom is 0.257 e. The molecule has 1 aromatic heterocycles. The molecule has 8 heteroatoms. The summed E-state index contributed by atoms with van der Waals surface area (Å²) in [5.41, 5.74) is 0. The van der Waals surface area contributed by atoms with Gasteiger partial charge in [0.15, 0.2) is 5.82 Å². The van der Waals surface area contributed by atoms with Crippen LogP contribution in [0.1, 0.15) is 26.7 Å². The fourth-order valence-electron chi connectivity index (χ4n) is 3.09. The normalized spacial score (nSPS) is 16.4. The summed E-state index contributed by atoms with van der Waals surface area (Å²) in [6, 6.07) is 8.61. The minimum atomic E-state index is -3.40. The van der Waals surface area contributed by atoms with Crippen LogP contribution in [0.2, 0.25) is 0 Å². The fraction of sp³-hybridized carbons (Fsp3) is 0.474. The van der Waals surface area contributed by atoms with Crippen molar-refractivity contribution in [1.29, 1.82) is 0 Å². The Morgan fingerprint density at radius 2 is 1.81 bits per heavy atom. The molecule has 0 unspecified atom stereocenters. The van der Waals surface area contributed by atoms with Crippen LogP contribution in [0, 0.1) is 5.92 Å². The predicted octanol–water partition coefficient (Wildman–Crippen LogP) is 2.78. The zero-order valence-electron chi connectivity index (χ0n) is 15.7. The molecule has 1 aliphatic rings. The van der Waals surface area contributed by atoms with Crippen molar-refractivity contribution in [2.45, 2.75) is 37.7 Å². The molecule has 0 atom stereocenters. The number of aromatic nitrogens is 2. The molecule has 1 aliphatic heterocycles. The van der Waals surface area contributed by atoms with Crippen LogP contribution in [0.25, 0.3) is 0 Å². The molecule has 1 saturated heterocycles. The van der Waals surface area contributed by atoms with Gasteiger partial charge in [-0.25, -0.2) is 18.4 Å². The molecule has 3 rings (SSSR count). The Balaban J connectivity index is 1.55. The minimum absolute atomic E-state index is 0.0219. The summed E-state index contributed by atoms with van der Waals surface area (Å²) in [5.74, 6) is 1.50. The Kier molecular flexibility index (Phi) is 6.28. The summed E-state index contributed by atoms with van der Waals surface area (Å²) < 4.78 is 32.6. The van der Waals surface area contributed by atoms with E-state index in [-0.39, 0.29) is 6.10 Å². The predicted molar refractivity (Wildman–Crippen MR) is 104 cm³/mol. The standard InChI is InChI=1S/C19H26N4O3S/c1-15(2)26-19-18(20-10-11-21-19)22-14-16-8-12-23(13-9-16)27(24,25)17-6-4-3-5-7-17/h3-7,10-11,15-16H,8-9,12-14H2,1-2H3,(H,20,22). The van der Waals surface area contributed by atoms with E-state index in [2.05, 4.69) is 15.3 Å². The van der Waals surface area contributed by atoms with E-state index in [1.165, 1.54) is 0 Å². The monoisotopic (exact) mass is 390 g/mol. The molecule has 0 amide bonds. The lowest BCUT2D eigenvalue weighted by molar-refractivity contribution is 0.232. The van der Waals surface area contributed by atoms with Crippen LogP contribution in [0.15, 0.2) is 47.6 Å². The number of nitrogens with zero attached hydrogens (tertiary/aromatic N) is 3. The number of anilines is 1. The summed E-state index contributed by atoms with van der Waals surface area (Å²) in [5, 5.41) is 3.31. The maximum atomic E-state index is 12.7. The van der Waals surface area contributed by atoms with Crippen LogP contribution in [0.3, 0.4) is 0 Å². The molecule has 0 spiro atoms. The third-order valence-corrected chi connectivity index (χ3v) is 6.44. The summed E-state index contributed by atoms with van der Waals surface area (Å²) >= 11 is 0. The second-order valence-electron chi connectivity index (χ2n) is 6.92. The number of sulfonamides is 1. The lowest BCUT2D eigenvalue weighted by Gasteiger charge is -2.31. The minimum Gasteiger partial charge on any atom is -0.472 e. The molecule has 2 heterocycles. The van der Waals surface area contributed by atoms with E-state index in [4.69, 9.17) is 4.74 Å². The van der Waals surface area contributed by atoms with E-state index in [9.17, 15) is 8.42 Å². The molecule has 7 nitrogen and oxygen atoms in total. The Morgan fingerprint density at radius 3 is 2.48 bits per heavy atom. The number of nitrogens with one attached hydrogen (secondary N) is 1. The fourth-order valence-corrected chi connectivity index (χ4v) is 4.58. The molecule has 0 bridgehead atoms. The van der Waals surface area contributed by atoms with Gasteiger partial charge in [-0.3, -0.25) is 0 Å². The van der Waals surface area contributed by atoms with E-state index in [1.807, 2.05) is 19.9 Å². The van der Waals surface area contributed by atoms with Crippen molar-refractivity contribution < 1.29 is 13.2 Å². The molecule has 1 N–H and O–H groups in total. The zero-order chi connectivity index (χ0) is 19.3. The average Bonchev–Trinajstić information content (AvgIpc) is 2.68. The number of hydrogen-bond acceptors (Lipinski definition) is 6. The number of hydrogen-bond donors (Lipinski definition) is 1. The van der Waals surface area contributed by atoms with Crippen LogP contribution in [0.4, 0.5) is 5.82 Å². The van der Waals surface area contributed by atoms with Gasteiger partial charge in [0.1, 0.15) is 0 Å². The van der Waals surface area contributed by atoms with Crippen LogP contribution in [-0.4, -0.2) is 48.4 Å². The van der Waals surface area contributed by atoms with Crippen molar-refractivity contribution in [3.05, 3.63) is 42.7 Å². The van der Waals surface area contributed by atoms with Gasteiger partial charge in [0.2, 0.25) is 10.0 Å². The second-order valence-corrected chi connectivity index (χ2v) is 8.86. The van der Waals surface area contributed by atoms with Gasteiger partial charge in [0, 0.05) is 32.0 Å². The van der Waals surface area contributed by atoms with Crippen LogP contribution in [0.5, 0.6) is 5.88 Å². The van der Waals surface area contributed by atoms with Crippen molar-refractivity contribution >= 4 is 15.8 Å². The topological polar surface area (TPSA) is 84.4 Å². The average molecular weight is 391 g/mol. The summed E-state index contributed by atoms with van der Waals surface area (Å²) in [4.78, 5) is 8.89. The van der Waals surface area contributed by atoms with Gasteiger partial charge in [-0.1, -0.05) is 18.2 Å². The first-order chi connectivity index (χ1) is 13.0. The van der Waals surface area contributed by atoms with Crippen LogP contribution in [-0.2, 0) is 10.0 Å². The van der Waals surface area contributed by atoms with Gasteiger partial charge in [-0.05, 0) is 44.7 Å². The van der Waals surface area contributed by atoms with Crippen LogP contribution < -0.4 is 10.1 Å². The molecule has 0 saturated carbocycles. The Morgan fingerprint density at radius 1 is 1.15 bits per heavy atom. The van der Waals surface area contributed by atoms with Gasteiger partial charge >= 0.3 is 0 Å². The molecule has 0 aliphatic carbocycles. The molecule has 2 aromatic rings. The van der Waals surface area contributed by atoms with E-state index < -0.39 is 10.0 Å². The lowest BCUT2D eigenvalue weighted by atomic mass is 9.98. The summed E-state index contributed by atoms with van der Waals surface area (Å²) in [7, 11) is -3.40. The molecule has 0 radical (unpaired) electrons. The number of rotatable bonds is 7. The van der Waals surface area contributed by atoms with E-state index >= 15 is 0 Å². The van der Waals surface area contributed by atoms with Gasteiger partial charge in [-0.15, -0.1) is 0 Å². The first-order valence-corrected chi connectivity index (χ1v) is 10.7. The largest absolute Gasteiger partial charge is 0.472 e. The Labute approximate surface area is 160 Å². The Hall–Kier alpha value is -2.19. The highest BCUT2D eigenvalue weighted by Crippen LogP contribution is 2.25. The number of benzene rings is 1. The van der Waals surface area contributed by atoms with Gasteiger partial charge < -0.3 is 10.1 Å². The Bertz CT molecular complexity index is 835. The van der Waals surface area contributed by atoms with Crippen molar-refractivity contribution in [3.63, 3.8) is 0 Å². The number of ether oxygens (including phenoxy) is 1. The molecule has 1 aromatic carbocycles. The molecule has 1 fully saturated rings. The highest BCUT2D eigenvalue weighted by molar-refractivity contribution is 7.89. The van der Waals surface area contributed by atoms with Crippen molar-refractivity contribution in [3.8, 4) is 5.88 Å². The smallest absolute Gasteiger partial charge is 0.257 e. The van der Waals surface area contributed by atoms with E-state index in [0.29, 0.717) is 42.1 Å². The van der Waals surface area contributed by atoms with Crippen molar-refractivity contribution in [2.75, 3.05) is 25.0 Å². The SMILES string of the molecule is CC(C)Oc1nccnc1NCC1CCN(S(=O)(=O)c2ccccc2)CC1. The summed E-state index contributed by atoms with van der Waals surface area (Å²) in [6.07, 6.45) is 4.87. The van der Waals surface area contributed by atoms with Gasteiger partial charge in [-0.2, -0.15) is 4.31 Å². The summed E-state index contributed by atoms with van der Waals surface area (Å²) in [6.45, 7) is 5.66. The first-order valence-electron chi connectivity index (χ1n) is 9.23. The van der Waals surface area contributed by atoms with Gasteiger partial charge in [0.25, 0.3) is 5.88 Å². The molecular formula is C19H26N4O3S. The third kappa shape index (κ3) is 4.95. The zero-order valence-corrected chi connectivity index (χ0v) is 16.5. The first kappa shape index (κ1) is 19.6. The van der Waals surface area contributed by atoms with Crippen LogP contribution >= 0.6 is 0 Å². The highest BCUT2D eigenvalue weighted by Gasteiger charge is 2.29. The quantitative estimate of drug-likeness (QED) is 0.783. The van der Waals surface area contributed by atoms with E-state index in [1.54, 1.807) is 41.0 Å². The number of piperidine rings is 1. The maximum absolute atomic E-state index is 12.7. The van der Waals surface area contributed by atoms with Crippen molar-refractivity contribution in [1.82, 2.24) is 14.3 Å². The molecular weight excluding hydrogens is 364 g/mol. The highest BCUT2D eigenvalue weighted by atomic mass is 32.2. The van der Waals surface area contributed by atoms with Crippen molar-refractivity contribution in [2.24, 2.45) is 5.92 Å². The second kappa shape index (κ2) is 8.67. The lowest BCUT2D eigenvalue weighted by Crippen LogP contribution is -2.39. The third-order valence-electron chi connectivity index (χ3n) is 4.52. The molecule has 27 heavy (non-hydrogen) atoms. The van der Waals surface area contributed by atoms with Gasteiger partial charge in [0.05, 0.1) is 11.0 Å². The van der Waals surface area contributed by atoms with E-state index in [0.717, 1.165) is 12.8 Å².